The Morgan fingerprint density at radius 3 is 2.81 bits per heavy atom. The molecule has 6 atom stereocenters. The molecule has 0 unspecified atom stereocenters. The van der Waals surface area contributed by atoms with Crippen molar-refractivity contribution in [1.29, 1.82) is 0 Å². The number of nitrogens with one attached hydrogen (secondary N) is 1. The molecule has 1 amide bonds. The van der Waals surface area contributed by atoms with E-state index in [0.717, 1.165) is 35.3 Å². The van der Waals surface area contributed by atoms with Gasteiger partial charge in [-0.2, -0.15) is 0 Å². The molecule has 2 aromatic carbocycles. The summed E-state index contributed by atoms with van der Waals surface area (Å²) in [6.07, 6.45) is 5.80. The fraction of sp³-hybridized carbons (Fsp3) is 0.452. The topological polar surface area (TPSA) is 78.8 Å². The molecular formula is C31H37NO4. The van der Waals surface area contributed by atoms with E-state index in [1.807, 2.05) is 55.5 Å². The third-order valence-corrected chi connectivity index (χ3v) is 7.39. The van der Waals surface area contributed by atoms with Gasteiger partial charge in [-0.3, -0.25) is 4.79 Å². The number of rotatable bonds is 10. The summed E-state index contributed by atoms with van der Waals surface area (Å²) in [7, 11) is 0. The molecule has 1 heterocycles. The van der Waals surface area contributed by atoms with E-state index in [1.165, 1.54) is 0 Å². The average Bonchev–Trinajstić information content (AvgIpc) is 3.40. The van der Waals surface area contributed by atoms with E-state index in [4.69, 9.17) is 4.74 Å². The molecule has 4 rings (SSSR count). The van der Waals surface area contributed by atoms with Gasteiger partial charge in [0.1, 0.15) is 11.9 Å². The van der Waals surface area contributed by atoms with E-state index in [-0.39, 0.29) is 29.8 Å². The Bertz CT molecular complexity index is 1120. The molecule has 190 valence electrons. The van der Waals surface area contributed by atoms with Crippen LogP contribution in [0.4, 0.5) is 0 Å². The summed E-state index contributed by atoms with van der Waals surface area (Å²) in [5.41, 5.74) is 3.33. The second kappa shape index (κ2) is 12.3. The quantitative estimate of drug-likeness (QED) is 0.340. The van der Waals surface area contributed by atoms with E-state index in [9.17, 15) is 15.0 Å². The van der Waals surface area contributed by atoms with Gasteiger partial charge in [0.2, 0.25) is 5.91 Å². The Kier molecular flexibility index (Phi) is 8.85. The summed E-state index contributed by atoms with van der Waals surface area (Å²) in [5, 5.41) is 24.2. The van der Waals surface area contributed by atoms with Crippen LogP contribution in [0.3, 0.4) is 0 Å². The monoisotopic (exact) mass is 487 g/mol. The summed E-state index contributed by atoms with van der Waals surface area (Å²) >= 11 is 0. The lowest BCUT2D eigenvalue weighted by Crippen LogP contribution is -2.22. The zero-order chi connectivity index (χ0) is 25.5. The van der Waals surface area contributed by atoms with Crippen LogP contribution in [0.25, 0.3) is 0 Å². The molecular weight excluding hydrogens is 450 g/mol. The molecule has 1 fully saturated rings. The molecule has 5 nitrogen and oxygen atoms in total. The van der Waals surface area contributed by atoms with Gasteiger partial charge in [0.25, 0.3) is 0 Å². The van der Waals surface area contributed by atoms with Crippen molar-refractivity contribution in [1.82, 2.24) is 5.32 Å². The van der Waals surface area contributed by atoms with E-state index >= 15 is 0 Å². The number of amides is 1. The number of carbonyl (C=O) groups is 1. The van der Waals surface area contributed by atoms with Crippen molar-refractivity contribution in [2.45, 2.75) is 76.7 Å². The number of ether oxygens (including phenoxy) is 1. The van der Waals surface area contributed by atoms with Gasteiger partial charge in [-0.1, -0.05) is 67.6 Å². The predicted octanol–water partition coefficient (Wildman–Crippen LogP) is 4.52. The largest absolute Gasteiger partial charge is 0.489 e. The summed E-state index contributed by atoms with van der Waals surface area (Å²) in [6.45, 7) is 4.33. The lowest BCUT2D eigenvalue weighted by molar-refractivity contribution is -0.121. The lowest BCUT2D eigenvalue weighted by atomic mass is 9.86. The molecule has 0 aromatic heterocycles. The number of benzene rings is 2. The Morgan fingerprint density at radius 1 is 1.22 bits per heavy atom. The molecule has 2 aromatic rings. The van der Waals surface area contributed by atoms with Crippen LogP contribution >= 0.6 is 0 Å². The highest BCUT2D eigenvalue weighted by molar-refractivity contribution is 5.75. The molecule has 0 saturated heterocycles. The third-order valence-electron chi connectivity index (χ3n) is 7.39. The van der Waals surface area contributed by atoms with Crippen molar-refractivity contribution in [3.8, 4) is 17.6 Å². The fourth-order valence-electron chi connectivity index (χ4n) is 5.31. The summed E-state index contributed by atoms with van der Waals surface area (Å²) < 4.78 is 6.36. The first-order chi connectivity index (χ1) is 17.5. The maximum Gasteiger partial charge on any atom is 0.220 e. The smallest absolute Gasteiger partial charge is 0.220 e. The standard InChI is InChI=1S/C31H37NO4/c1-3-4-10-21(2)26(33)18-17-24-27(34)19-28-30(24)25-15-8-13-23(31(25)36-28)14-9-16-29(35)32-20-22-11-6-5-7-12-22/h5-8,11-13,15,17-18,21,24,26-28,30,33-34H,9-10,14,16,19-20H2,1-2H3,(H,32,35)/b18-17+/t21-,24-,26+,27+,28-,30-/m0/s1. The highest BCUT2D eigenvalue weighted by atomic mass is 16.5. The minimum absolute atomic E-state index is 0.0339. The molecule has 1 aliphatic heterocycles. The summed E-state index contributed by atoms with van der Waals surface area (Å²) in [5.74, 6) is 6.86. The summed E-state index contributed by atoms with van der Waals surface area (Å²) in [6, 6.07) is 16.1. The van der Waals surface area contributed by atoms with Crippen LogP contribution in [-0.4, -0.2) is 34.4 Å². The molecule has 0 spiro atoms. The van der Waals surface area contributed by atoms with Gasteiger partial charge in [0.15, 0.2) is 0 Å². The fourth-order valence-corrected chi connectivity index (χ4v) is 5.31. The van der Waals surface area contributed by atoms with Crippen LogP contribution in [-0.2, 0) is 17.8 Å². The van der Waals surface area contributed by atoms with Crippen molar-refractivity contribution in [2.75, 3.05) is 0 Å². The zero-order valence-corrected chi connectivity index (χ0v) is 21.2. The van der Waals surface area contributed by atoms with Crippen molar-refractivity contribution in [3.63, 3.8) is 0 Å². The molecule has 0 bridgehead atoms. The predicted molar refractivity (Wildman–Crippen MR) is 141 cm³/mol. The molecule has 36 heavy (non-hydrogen) atoms. The minimum atomic E-state index is -0.599. The zero-order valence-electron chi connectivity index (χ0n) is 21.2. The number of carbonyl (C=O) groups excluding carboxylic acids is 1. The van der Waals surface area contributed by atoms with E-state index in [0.29, 0.717) is 25.8 Å². The van der Waals surface area contributed by atoms with E-state index in [2.05, 4.69) is 29.3 Å². The van der Waals surface area contributed by atoms with E-state index in [1.54, 1.807) is 6.92 Å². The Hall–Kier alpha value is -3.07. The van der Waals surface area contributed by atoms with Gasteiger partial charge < -0.3 is 20.3 Å². The number of aliphatic hydroxyl groups excluding tert-OH is 2. The Balaban J connectivity index is 1.35. The van der Waals surface area contributed by atoms with Crippen LogP contribution in [0.15, 0.2) is 60.7 Å². The molecule has 1 saturated carbocycles. The van der Waals surface area contributed by atoms with Crippen LogP contribution in [0.2, 0.25) is 0 Å². The summed E-state index contributed by atoms with van der Waals surface area (Å²) in [4.78, 5) is 12.3. The van der Waals surface area contributed by atoms with Gasteiger partial charge in [0, 0.05) is 43.2 Å². The van der Waals surface area contributed by atoms with Crippen LogP contribution in [0.5, 0.6) is 5.75 Å². The second-order valence-corrected chi connectivity index (χ2v) is 10.00. The van der Waals surface area contributed by atoms with Crippen molar-refractivity contribution >= 4 is 5.91 Å². The number of para-hydroxylation sites is 1. The first-order valence-electron chi connectivity index (χ1n) is 13.0. The van der Waals surface area contributed by atoms with Crippen LogP contribution < -0.4 is 10.1 Å². The van der Waals surface area contributed by atoms with Gasteiger partial charge in [-0.25, -0.2) is 0 Å². The number of aryl methyl sites for hydroxylation is 1. The average molecular weight is 488 g/mol. The number of aliphatic hydroxyl groups is 2. The lowest BCUT2D eigenvalue weighted by Gasteiger charge is -2.19. The number of hydrogen-bond acceptors (Lipinski definition) is 4. The maximum absolute atomic E-state index is 12.3. The number of hydrogen-bond donors (Lipinski definition) is 3. The molecule has 2 aliphatic rings. The SMILES string of the molecule is CC#CC[C@H](C)[C@H](O)/C=C/[C@@H]1[C@H]2c3cccc(CCCC(=O)NCc4ccccc4)c3O[C@H]2C[C@H]1O. The second-order valence-electron chi connectivity index (χ2n) is 10.00. The molecule has 1 aliphatic carbocycles. The van der Waals surface area contributed by atoms with Gasteiger partial charge >= 0.3 is 0 Å². The molecule has 0 radical (unpaired) electrons. The number of fused-ring (bicyclic) bond motifs is 3. The van der Waals surface area contributed by atoms with Gasteiger partial charge in [0.05, 0.1) is 12.2 Å². The Morgan fingerprint density at radius 2 is 2.03 bits per heavy atom. The third kappa shape index (κ3) is 6.19. The Labute approximate surface area is 214 Å². The van der Waals surface area contributed by atoms with Crippen LogP contribution in [0.1, 0.15) is 62.1 Å². The van der Waals surface area contributed by atoms with Crippen molar-refractivity contribution in [3.05, 3.63) is 77.4 Å². The highest BCUT2D eigenvalue weighted by Gasteiger charge is 2.48. The van der Waals surface area contributed by atoms with Gasteiger partial charge in [-0.15, -0.1) is 11.8 Å². The highest BCUT2D eigenvalue weighted by Crippen LogP contribution is 2.52. The van der Waals surface area contributed by atoms with Crippen molar-refractivity contribution in [2.24, 2.45) is 11.8 Å². The van der Waals surface area contributed by atoms with Crippen molar-refractivity contribution < 1.29 is 19.7 Å². The molecule has 5 heteroatoms. The first-order valence-corrected chi connectivity index (χ1v) is 13.0. The van der Waals surface area contributed by atoms with Crippen LogP contribution in [0, 0.1) is 23.7 Å². The minimum Gasteiger partial charge on any atom is -0.489 e. The maximum atomic E-state index is 12.3. The van der Waals surface area contributed by atoms with Gasteiger partial charge in [-0.05, 0) is 36.8 Å². The van der Waals surface area contributed by atoms with E-state index < -0.39 is 12.2 Å². The molecule has 3 N–H and O–H groups in total. The first kappa shape index (κ1) is 26.0. The normalized spacial score (nSPS) is 23.8.